The standard InChI is InChI=1S/C13H20N2/c1-2-3-9-13(14)11-15-10-12-7-5-4-6-8-12/h2,4-8,13,15H,1,3,9-11,14H2. The normalized spacial score (nSPS) is 12.3. The van der Waals surface area contributed by atoms with Crippen molar-refractivity contribution in [2.45, 2.75) is 25.4 Å². The van der Waals surface area contributed by atoms with Gasteiger partial charge in [0.1, 0.15) is 0 Å². The maximum Gasteiger partial charge on any atom is 0.0206 e. The molecule has 0 spiro atoms. The smallest absolute Gasteiger partial charge is 0.0206 e. The van der Waals surface area contributed by atoms with E-state index in [-0.39, 0.29) is 6.04 Å². The fraction of sp³-hybridized carbons (Fsp3) is 0.385. The lowest BCUT2D eigenvalue weighted by Crippen LogP contribution is -2.33. The number of nitrogens with one attached hydrogen (secondary N) is 1. The first-order valence-corrected chi connectivity index (χ1v) is 5.44. The van der Waals surface area contributed by atoms with Gasteiger partial charge in [0.15, 0.2) is 0 Å². The van der Waals surface area contributed by atoms with Gasteiger partial charge in [0.25, 0.3) is 0 Å². The zero-order chi connectivity index (χ0) is 10.9. The van der Waals surface area contributed by atoms with Crippen molar-refractivity contribution in [1.29, 1.82) is 0 Å². The molecule has 1 aromatic rings. The summed E-state index contributed by atoms with van der Waals surface area (Å²) in [6.07, 6.45) is 3.91. The molecule has 0 heterocycles. The molecule has 0 aliphatic rings. The molecule has 15 heavy (non-hydrogen) atoms. The van der Waals surface area contributed by atoms with E-state index >= 15 is 0 Å². The molecule has 0 bridgehead atoms. The average Bonchev–Trinajstić information content (AvgIpc) is 2.28. The summed E-state index contributed by atoms with van der Waals surface area (Å²) in [7, 11) is 0. The van der Waals surface area contributed by atoms with Crippen LogP contribution in [-0.2, 0) is 6.54 Å². The van der Waals surface area contributed by atoms with E-state index in [0.29, 0.717) is 0 Å². The number of allylic oxidation sites excluding steroid dienone is 1. The van der Waals surface area contributed by atoms with Crippen LogP contribution in [0.2, 0.25) is 0 Å². The van der Waals surface area contributed by atoms with E-state index in [4.69, 9.17) is 5.73 Å². The quantitative estimate of drug-likeness (QED) is 0.667. The first kappa shape index (κ1) is 12.0. The van der Waals surface area contributed by atoms with Crippen molar-refractivity contribution in [3.63, 3.8) is 0 Å². The van der Waals surface area contributed by atoms with Crippen LogP contribution in [0.15, 0.2) is 43.0 Å². The predicted molar refractivity (Wildman–Crippen MR) is 65.6 cm³/mol. The van der Waals surface area contributed by atoms with Gasteiger partial charge >= 0.3 is 0 Å². The number of hydrogen-bond donors (Lipinski definition) is 2. The second-order valence-electron chi connectivity index (χ2n) is 3.74. The lowest BCUT2D eigenvalue weighted by molar-refractivity contribution is 0.548. The third kappa shape index (κ3) is 5.35. The molecule has 2 heteroatoms. The van der Waals surface area contributed by atoms with Crippen molar-refractivity contribution in [3.8, 4) is 0 Å². The fourth-order valence-corrected chi connectivity index (χ4v) is 1.43. The Morgan fingerprint density at radius 1 is 1.33 bits per heavy atom. The molecular weight excluding hydrogens is 184 g/mol. The van der Waals surface area contributed by atoms with Gasteiger partial charge < -0.3 is 11.1 Å². The summed E-state index contributed by atoms with van der Waals surface area (Å²) in [6, 6.07) is 10.6. The van der Waals surface area contributed by atoms with Crippen LogP contribution in [0.4, 0.5) is 0 Å². The zero-order valence-electron chi connectivity index (χ0n) is 9.15. The second kappa shape index (κ2) is 7.21. The third-order valence-electron chi connectivity index (χ3n) is 2.32. The molecule has 0 saturated heterocycles. The Morgan fingerprint density at radius 3 is 2.73 bits per heavy atom. The molecule has 0 aliphatic carbocycles. The molecule has 0 saturated carbocycles. The Morgan fingerprint density at radius 2 is 2.07 bits per heavy atom. The first-order valence-electron chi connectivity index (χ1n) is 5.44. The van der Waals surface area contributed by atoms with Gasteiger partial charge in [-0.1, -0.05) is 36.4 Å². The van der Waals surface area contributed by atoms with Crippen LogP contribution >= 0.6 is 0 Å². The van der Waals surface area contributed by atoms with Gasteiger partial charge in [-0.3, -0.25) is 0 Å². The number of hydrogen-bond acceptors (Lipinski definition) is 2. The van der Waals surface area contributed by atoms with Crippen molar-refractivity contribution in [3.05, 3.63) is 48.6 Å². The molecule has 1 atom stereocenters. The third-order valence-corrected chi connectivity index (χ3v) is 2.32. The van der Waals surface area contributed by atoms with Gasteiger partial charge in [0, 0.05) is 19.1 Å². The average molecular weight is 204 g/mol. The maximum absolute atomic E-state index is 5.91. The maximum atomic E-state index is 5.91. The van der Waals surface area contributed by atoms with E-state index in [1.807, 2.05) is 12.1 Å². The largest absolute Gasteiger partial charge is 0.327 e. The molecule has 0 aliphatic heterocycles. The molecule has 0 fully saturated rings. The molecule has 1 rings (SSSR count). The van der Waals surface area contributed by atoms with Crippen LogP contribution in [0.5, 0.6) is 0 Å². The molecule has 0 amide bonds. The Labute approximate surface area is 92.2 Å². The van der Waals surface area contributed by atoms with Crippen molar-refractivity contribution in [2.75, 3.05) is 6.54 Å². The Hall–Kier alpha value is -1.12. The summed E-state index contributed by atoms with van der Waals surface area (Å²) in [5, 5.41) is 3.35. The zero-order valence-corrected chi connectivity index (χ0v) is 9.15. The van der Waals surface area contributed by atoms with Crippen molar-refractivity contribution in [2.24, 2.45) is 5.73 Å². The Kier molecular flexibility index (Phi) is 5.74. The highest BCUT2D eigenvalue weighted by atomic mass is 14.9. The number of benzene rings is 1. The van der Waals surface area contributed by atoms with Gasteiger partial charge in [-0.2, -0.15) is 0 Å². The Balaban J connectivity index is 2.13. The lowest BCUT2D eigenvalue weighted by atomic mass is 10.1. The molecule has 0 aromatic heterocycles. The second-order valence-corrected chi connectivity index (χ2v) is 3.74. The van der Waals surface area contributed by atoms with Crippen molar-refractivity contribution >= 4 is 0 Å². The van der Waals surface area contributed by atoms with Gasteiger partial charge in [0.05, 0.1) is 0 Å². The SMILES string of the molecule is C=CCCC(N)CNCc1ccccc1. The van der Waals surface area contributed by atoms with Crippen LogP contribution in [0.3, 0.4) is 0 Å². The molecule has 1 aromatic carbocycles. The first-order chi connectivity index (χ1) is 7.33. The van der Waals surface area contributed by atoms with Gasteiger partial charge in [0.2, 0.25) is 0 Å². The summed E-state index contributed by atoms with van der Waals surface area (Å²) in [5.74, 6) is 0. The highest BCUT2D eigenvalue weighted by Crippen LogP contribution is 1.98. The summed E-state index contributed by atoms with van der Waals surface area (Å²) >= 11 is 0. The van der Waals surface area contributed by atoms with E-state index in [0.717, 1.165) is 25.9 Å². The molecule has 3 N–H and O–H groups in total. The highest BCUT2D eigenvalue weighted by molar-refractivity contribution is 5.14. The Bertz CT molecular complexity index is 269. The van der Waals surface area contributed by atoms with E-state index in [2.05, 4.69) is 36.2 Å². The summed E-state index contributed by atoms with van der Waals surface area (Å²) in [6.45, 7) is 5.44. The van der Waals surface area contributed by atoms with Crippen molar-refractivity contribution < 1.29 is 0 Å². The minimum atomic E-state index is 0.228. The van der Waals surface area contributed by atoms with Gasteiger partial charge in [-0.15, -0.1) is 6.58 Å². The van der Waals surface area contributed by atoms with Crippen LogP contribution in [0.1, 0.15) is 18.4 Å². The molecule has 0 radical (unpaired) electrons. The van der Waals surface area contributed by atoms with Crippen molar-refractivity contribution in [1.82, 2.24) is 5.32 Å². The summed E-state index contributed by atoms with van der Waals surface area (Å²) < 4.78 is 0. The van der Waals surface area contributed by atoms with E-state index in [1.54, 1.807) is 0 Å². The van der Waals surface area contributed by atoms with Crippen LogP contribution in [0.25, 0.3) is 0 Å². The van der Waals surface area contributed by atoms with Gasteiger partial charge in [-0.05, 0) is 18.4 Å². The molecule has 1 unspecified atom stereocenters. The van der Waals surface area contributed by atoms with E-state index < -0.39 is 0 Å². The van der Waals surface area contributed by atoms with E-state index in [1.165, 1.54) is 5.56 Å². The fourth-order valence-electron chi connectivity index (χ4n) is 1.43. The van der Waals surface area contributed by atoms with E-state index in [9.17, 15) is 0 Å². The number of rotatable bonds is 7. The monoisotopic (exact) mass is 204 g/mol. The minimum absolute atomic E-state index is 0.228. The predicted octanol–water partition coefficient (Wildman–Crippen LogP) is 2.07. The van der Waals surface area contributed by atoms with Gasteiger partial charge in [-0.25, -0.2) is 0 Å². The number of nitrogens with two attached hydrogens (primary N) is 1. The highest BCUT2D eigenvalue weighted by Gasteiger charge is 1.99. The van der Waals surface area contributed by atoms with Crippen LogP contribution in [-0.4, -0.2) is 12.6 Å². The summed E-state index contributed by atoms with van der Waals surface area (Å²) in [5.41, 5.74) is 7.21. The molecule has 2 nitrogen and oxygen atoms in total. The molecular formula is C13H20N2. The molecule has 82 valence electrons. The van der Waals surface area contributed by atoms with Crippen LogP contribution < -0.4 is 11.1 Å². The summed E-state index contributed by atoms with van der Waals surface area (Å²) in [4.78, 5) is 0. The van der Waals surface area contributed by atoms with Crippen LogP contribution in [0, 0.1) is 0 Å². The minimum Gasteiger partial charge on any atom is -0.327 e. The topological polar surface area (TPSA) is 38.0 Å². The lowest BCUT2D eigenvalue weighted by Gasteiger charge is -2.11.